The zero-order valence-corrected chi connectivity index (χ0v) is 57.9. The number of pyridine rings is 2. The molecule has 4 saturated heterocycles. The van der Waals surface area contributed by atoms with Crippen molar-refractivity contribution < 1.29 is 95.0 Å². The maximum Gasteiger partial charge on any atom is 0.410 e. The molecular weight excluding hydrogens is 1260 g/mol. The second-order valence-corrected chi connectivity index (χ2v) is 26.7. The molecule has 4 aliphatic rings. The van der Waals surface area contributed by atoms with Gasteiger partial charge < -0.3 is 95.8 Å². The number of hydrogen-bond acceptors (Lipinski definition) is 24. The van der Waals surface area contributed by atoms with E-state index in [9.17, 15) is 19.2 Å². The van der Waals surface area contributed by atoms with E-state index >= 15 is 0 Å². The summed E-state index contributed by atoms with van der Waals surface area (Å²) >= 11 is 3.36. The van der Waals surface area contributed by atoms with Crippen LogP contribution in [0.5, 0.6) is 11.8 Å². The molecule has 0 aliphatic carbocycles. The first-order valence-corrected chi connectivity index (χ1v) is 32.6. The SMILES string of the molecule is C.CC(C)(C)OC(=O)COCCOCCOCCOCCOCCOc1cc(Br)ccn1.CC(C)(C)OC(=O)COCCOCCOCCOCCOCCOc1cc(N2C3CCC2CN(C(=O)OC(C)(C)C)C3)ccn1.CC(C)(C)OC(=O)N1CC2CCC(C1)N2. The number of amides is 2. The van der Waals surface area contributed by atoms with Crippen molar-refractivity contribution >= 4 is 45.7 Å². The molecule has 0 radical (unpaired) electrons. The molecule has 6 rings (SSSR count). The fraction of sp³-hybridized carbons (Fsp3) is 0.785. The average Bonchev–Trinajstić information content (AvgIpc) is 1.62. The van der Waals surface area contributed by atoms with Gasteiger partial charge in [-0.05, 0) is 121 Å². The molecule has 2 aromatic heterocycles. The molecule has 4 fully saturated rings. The average molecular weight is 1380 g/mol. The summed E-state index contributed by atoms with van der Waals surface area (Å²) in [6.07, 6.45) is 7.47. The van der Waals surface area contributed by atoms with Crippen molar-refractivity contribution in [1.82, 2.24) is 25.1 Å². The van der Waals surface area contributed by atoms with Gasteiger partial charge in [-0.15, -0.1) is 0 Å². The summed E-state index contributed by atoms with van der Waals surface area (Å²) in [6, 6.07) is 9.06. The Morgan fingerprint density at radius 3 is 1.10 bits per heavy atom. The maximum absolute atomic E-state index is 12.6. The van der Waals surface area contributed by atoms with Gasteiger partial charge in [0.05, 0.1) is 119 Å². The molecule has 26 nitrogen and oxygen atoms in total. The first-order chi connectivity index (χ1) is 43.2. The third-order valence-corrected chi connectivity index (χ3v) is 13.4. The molecule has 4 atom stereocenters. The Morgan fingerprint density at radius 2 is 0.750 bits per heavy atom. The number of halogens is 1. The molecule has 92 heavy (non-hydrogen) atoms. The quantitative estimate of drug-likeness (QED) is 0.0380. The van der Waals surface area contributed by atoms with Crippen molar-refractivity contribution in [2.24, 2.45) is 0 Å². The van der Waals surface area contributed by atoms with Crippen LogP contribution in [-0.4, -0.2) is 262 Å². The lowest BCUT2D eigenvalue weighted by molar-refractivity contribution is -0.161. The predicted octanol–water partition coefficient (Wildman–Crippen LogP) is 8.11. The van der Waals surface area contributed by atoms with Crippen molar-refractivity contribution in [1.29, 1.82) is 0 Å². The van der Waals surface area contributed by atoms with Crippen LogP contribution >= 0.6 is 15.9 Å². The highest BCUT2D eigenvalue weighted by atomic mass is 79.9. The van der Waals surface area contributed by atoms with Gasteiger partial charge in [0.2, 0.25) is 11.8 Å². The van der Waals surface area contributed by atoms with Gasteiger partial charge >= 0.3 is 24.1 Å². The third-order valence-electron chi connectivity index (χ3n) is 12.9. The van der Waals surface area contributed by atoms with E-state index in [0.29, 0.717) is 169 Å². The summed E-state index contributed by atoms with van der Waals surface area (Å²) in [7, 11) is 0. The second kappa shape index (κ2) is 44.1. The van der Waals surface area contributed by atoms with Crippen LogP contribution in [-0.2, 0) is 75.9 Å². The third kappa shape index (κ3) is 38.6. The lowest BCUT2D eigenvalue weighted by atomic mass is 10.1. The van der Waals surface area contributed by atoms with Gasteiger partial charge in [0.25, 0.3) is 0 Å². The zero-order valence-electron chi connectivity index (χ0n) is 56.3. The minimum Gasteiger partial charge on any atom is -0.475 e. The van der Waals surface area contributed by atoms with Crippen LogP contribution in [0.4, 0.5) is 15.3 Å². The molecule has 0 spiro atoms. The molecule has 4 bridgehead atoms. The standard InChI is InChI=1S/C32H53N3O10.C21H34BrNO8.C11H20N2O2.CH4/c1-31(2,3)44-29(36)24-42-18-17-40-14-13-38-11-12-39-15-16-41-19-20-43-28-21-25(9-10-33-28)35-26-7-8-27(35)23-34(22-26)30(37)45-32(4,5)6;1-21(2,3)31-20(24)17-29-13-12-27-9-8-25-6-7-26-10-11-28-14-15-30-19-16-18(22)4-5-23-19;1-11(2,3)15-10(14)13-6-8-4-5-9(7-13)12-8;/h9-10,21,26-27H,7-8,11-20,22-24H2,1-6H3;4-5,16H,6-15,17H2,1-3H3;8-9,12H,4-7H2,1-3H3;1H4. The number of fused-ring (bicyclic) bond motifs is 4. The molecule has 528 valence electrons. The second-order valence-electron chi connectivity index (χ2n) is 25.7. The molecule has 4 aliphatic heterocycles. The van der Waals surface area contributed by atoms with Crippen molar-refractivity contribution in [2.45, 2.75) is 163 Å². The number of rotatable bonds is 37. The van der Waals surface area contributed by atoms with Crippen molar-refractivity contribution in [3.8, 4) is 11.8 Å². The molecule has 0 saturated carbocycles. The molecule has 6 heterocycles. The summed E-state index contributed by atoms with van der Waals surface area (Å²) in [4.78, 5) is 61.9. The highest BCUT2D eigenvalue weighted by molar-refractivity contribution is 9.10. The first-order valence-electron chi connectivity index (χ1n) is 31.8. The monoisotopic (exact) mass is 1370 g/mol. The van der Waals surface area contributed by atoms with E-state index < -0.39 is 16.8 Å². The van der Waals surface area contributed by atoms with Crippen LogP contribution in [0.3, 0.4) is 0 Å². The lowest BCUT2D eigenvalue weighted by Crippen LogP contribution is -2.56. The Kier molecular flexibility index (Phi) is 39.0. The molecule has 4 unspecified atom stereocenters. The van der Waals surface area contributed by atoms with Crippen molar-refractivity contribution in [3.05, 3.63) is 41.1 Å². The van der Waals surface area contributed by atoms with E-state index in [1.54, 1.807) is 18.5 Å². The summed E-state index contributed by atoms with van der Waals surface area (Å²) in [5, 5.41) is 3.49. The number of esters is 2. The van der Waals surface area contributed by atoms with Gasteiger partial charge in [-0.3, -0.25) is 0 Å². The predicted molar refractivity (Wildman–Crippen MR) is 349 cm³/mol. The van der Waals surface area contributed by atoms with Crippen LogP contribution in [0, 0.1) is 0 Å². The Balaban J connectivity index is 0.000000403. The number of likely N-dealkylation sites (tertiary alicyclic amines) is 2. The Morgan fingerprint density at radius 1 is 0.435 bits per heavy atom. The van der Waals surface area contributed by atoms with Gasteiger partial charge in [0, 0.05) is 85.0 Å². The first kappa shape index (κ1) is 81.5. The van der Waals surface area contributed by atoms with E-state index in [4.69, 9.17) is 75.8 Å². The van der Waals surface area contributed by atoms with Gasteiger partial charge in [-0.1, -0.05) is 23.4 Å². The topological polar surface area (TPSA) is 263 Å². The van der Waals surface area contributed by atoms with Crippen molar-refractivity contribution in [2.75, 3.05) is 176 Å². The number of nitrogens with zero attached hydrogens (tertiary/aromatic N) is 5. The fourth-order valence-corrected chi connectivity index (χ4v) is 9.71. The van der Waals surface area contributed by atoms with E-state index in [1.807, 2.05) is 111 Å². The van der Waals surface area contributed by atoms with Crippen LogP contribution in [0.25, 0.3) is 0 Å². The van der Waals surface area contributed by atoms with Crippen LogP contribution in [0.15, 0.2) is 41.1 Å². The van der Waals surface area contributed by atoms with E-state index in [2.05, 4.69) is 36.1 Å². The number of carbonyl (C=O) groups is 4. The van der Waals surface area contributed by atoms with E-state index in [0.717, 1.165) is 36.1 Å². The minimum absolute atomic E-state index is 0. The molecular formula is C65H111BrN6O20. The number of anilines is 1. The summed E-state index contributed by atoms with van der Waals surface area (Å²) in [5.74, 6) is 0.340. The number of carbonyl (C=O) groups excluding carboxylic acids is 4. The molecule has 2 amide bonds. The Hall–Kier alpha value is -4.78. The molecule has 27 heteroatoms. The van der Waals surface area contributed by atoms with Gasteiger partial charge in [-0.2, -0.15) is 0 Å². The number of hydrogen-bond donors (Lipinski definition) is 1. The summed E-state index contributed by atoms with van der Waals surface area (Å²) in [6.45, 7) is 33.7. The summed E-state index contributed by atoms with van der Waals surface area (Å²) in [5.41, 5.74) is -0.847. The normalized spacial score (nSPS) is 17.8. The largest absolute Gasteiger partial charge is 0.475 e. The van der Waals surface area contributed by atoms with E-state index in [1.165, 1.54) is 12.8 Å². The van der Waals surface area contributed by atoms with Gasteiger partial charge in [0.15, 0.2) is 0 Å². The molecule has 2 aromatic rings. The fourth-order valence-electron chi connectivity index (χ4n) is 9.40. The minimum atomic E-state index is -0.515. The van der Waals surface area contributed by atoms with E-state index in [-0.39, 0.29) is 62.5 Å². The van der Waals surface area contributed by atoms with Crippen LogP contribution in [0.1, 0.15) is 116 Å². The summed E-state index contributed by atoms with van der Waals surface area (Å²) < 4.78 is 87.5. The maximum atomic E-state index is 12.6. The number of nitrogens with one attached hydrogen (secondary N) is 1. The van der Waals surface area contributed by atoms with Crippen LogP contribution < -0.4 is 19.7 Å². The number of ether oxygens (including phenoxy) is 16. The van der Waals surface area contributed by atoms with Gasteiger partial charge in [-0.25, -0.2) is 29.1 Å². The van der Waals surface area contributed by atoms with Crippen LogP contribution in [0.2, 0.25) is 0 Å². The van der Waals surface area contributed by atoms with Gasteiger partial charge in [0.1, 0.15) is 48.8 Å². The Labute approximate surface area is 555 Å². The lowest BCUT2D eigenvalue weighted by Gasteiger charge is -2.42. The smallest absolute Gasteiger partial charge is 0.410 e. The highest BCUT2D eigenvalue weighted by Crippen LogP contribution is 2.36. The zero-order chi connectivity index (χ0) is 66.6. The number of aromatic nitrogens is 2. The number of piperazine rings is 2. The molecule has 1 N–H and O–H groups in total. The highest BCUT2D eigenvalue weighted by Gasteiger charge is 2.43. The Bertz CT molecular complexity index is 2330. The van der Waals surface area contributed by atoms with Crippen molar-refractivity contribution in [3.63, 3.8) is 0 Å². The molecule has 0 aromatic carbocycles.